The maximum atomic E-state index is 14.4. The number of aldehydes is 1. The number of rotatable bonds is 2. The van der Waals surface area contributed by atoms with Gasteiger partial charge in [-0.3, -0.25) is 0 Å². The van der Waals surface area contributed by atoms with Gasteiger partial charge in [-0.25, -0.2) is 13.8 Å². The van der Waals surface area contributed by atoms with Crippen molar-refractivity contribution in [3.8, 4) is 0 Å². The van der Waals surface area contributed by atoms with Gasteiger partial charge >= 0.3 is 0 Å². The maximum Gasteiger partial charge on any atom is 0.154 e. The zero-order valence-corrected chi connectivity index (χ0v) is 11.1. The first kappa shape index (κ1) is 13.2. The number of nitrogens with zero attached hydrogens (tertiary/aromatic N) is 1. The summed E-state index contributed by atoms with van der Waals surface area (Å²) in [5.41, 5.74) is -1.03. The zero-order chi connectivity index (χ0) is 14.7. The first-order valence-corrected chi connectivity index (χ1v) is 6.39. The second kappa shape index (κ2) is 4.09. The molecule has 0 amide bonds. The van der Waals surface area contributed by atoms with Gasteiger partial charge in [-0.05, 0) is 37.8 Å². The average molecular weight is 280 g/mol. The van der Waals surface area contributed by atoms with Crippen LogP contribution in [0, 0.1) is 17.6 Å². The van der Waals surface area contributed by atoms with Crippen molar-refractivity contribution in [2.45, 2.75) is 32.3 Å². The number of carbonyl (C=O) groups excluding carboxylic acids is 1. The van der Waals surface area contributed by atoms with Crippen molar-refractivity contribution in [2.75, 3.05) is 0 Å². The van der Waals surface area contributed by atoms with Gasteiger partial charge in [0.05, 0.1) is 0 Å². The Kier molecular flexibility index (Phi) is 2.69. The molecule has 4 nitrogen and oxygen atoms in total. The van der Waals surface area contributed by atoms with Gasteiger partial charge in [0.25, 0.3) is 0 Å². The standard InChI is InChI=1S/C14H14F2N2O2/c1-14(2,20)13-17-11-9(15)7-3-6(5-19)4-8(7)10(16)12(11)18-13/h5-6,20H,3-4H2,1-2H3,(H,17,18). The molecule has 1 unspecified atom stereocenters. The Labute approximate surface area is 113 Å². The van der Waals surface area contributed by atoms with Crippen molar-refractivity contribution in [3.63, 3.8) is 0 Å². The van der Waals surface area contributed by atoms with Crippen LogP contribution in [-0.4, -0.2) is 21.4 Å². The van der Waals surface area contributed by atoms with Gasteiger partial charge in [0.1, 0.15) is 28.7 Å². The second-order valence-corrected chi connectivity index (χ2v) is 5.76. The number of carbonyl (C=O) groups is 1. The zero-order valence-electron chi connectivity index (χ0n) is 11.1. The van der Waals surface area contributed by atoms with Gasteiger partial charge in [-0.2, -0.15) is 0 Å². The molecule has 0 saturated carbocycles. The van der Waals surface area contributed by atoms with Crippen molar-refractivity contribution in [1.82, 2.24) is 9.97 Å². The SMILES string of the molecule is CC(C)(O)c1nc2c(F)c3c(c(F)c2[nH]1)CC(C=O)C3. The summed E-state index contributed by atoms with van der Waals surface area (Å²) in [5, 5.41) is 9.88. The molecule has 20 heavy (non-hydrogen) atoms. The summed E-state index contributed by atoms with van der Waals surface area (Å²) in [4.78, 5) is 17.4. The van der Waals surface area contributed by atoms with Crippen LogP contribution in [0.15, 0.2) is 0 Å². The quantitative estimate of drug-likeness (QED) is 0.827. The number of H-pyrrole nitrogens is 1. The van der Waals surface area contributed by atoms with Gasteiger partial charge in [0.2, 0.25) is 0 Å². The third kappa shape index (κ3) is 1.75. The molecule has 1 aromatic carbocycles. The average Bonchev–Trinajstić information content (AvgIpc) is 2.99. The fourth-order valence-corrected chi connectivity index (χ4v) is 2.66. The molecule has 106 valence electrons. The number of aromatic amines is 1. The first-order valence-electron chi connectivity index (χ1n) is 6.39. The van der Waals surface area contributed by atoms with Crippen molar-refractivity contribution in [2.24, 2.45) is 5.92 Å². The van der Waals surface area contributed by atoms with E-state index in [-0.39, 0.29) is 46.7 Å². The minimum absolute atomic E-state index is 0.0510. The van der Waals surface area contributed by atoms with Gasteiger partial charge in [0, 0.05) is 5.92 Å². The van der Waals surface area contributed by atoms with Crippen LogP contribution < -0.4 is 0 Å². The summed E-state index contributed by atoms with van der Waals surface area (Å²) in [6.07, 6.45) is 1.12. The molecule has 0 bridgehead atoms. The molecule has 6 heteroatoms. The third-order valence-electron chi connectivity index (χ3n) is 3.73. The molecule has 1 atom stereocenters. The lowest BCUT2D eigenvalue weighted by Gasteiger charge is -2.12. The van der Waals surface area contributed by atoms with Crippen molar-refractivity contribution >= 4 is 17.3 Å². The van der Waals surface area contributed by atoms with Crippen LogP contribution in [0.5, 0.6) is 0 Å². The Balaban J connectivity index is 2.27. The molecule has 0 radical (unpaired) electrons. The fraction of sp³-hybridized carbons (Fsp3) is 0.429. The van der Waals surface area contributed by atoms with Crippen LogP contribution in [0.3, 0.4) is 0 Å². The number of aromatic nitrogens is 2. The van der Waals surface area contributed by atoms with E-state index in [2.05, 4.69) is 9.97 Å². The Bertz CT molecular complexity index is 667. The number of benzene rings is 1. The molecule has 0 aliphatic heterocycles. The normalized spacial score (nSPS) is 15.8. The fourth-order valence-electron chi connectivity index (χ4n) is 2.66. The molecule has 1 heterocycles. The van der Waals surface area contributed by atoms with Crippen molar-refractivity contribution in [3.05, 3.63) is 28.6 Å². The first-order chi connectivity index (χ1) is 9.32. The number of hydrogen-bond donors (Lipinski definition) is 2. The Morgan fingerprint density at radius 2 is 1.90 bits per heavy atom. The highest BCUT2D eigenvalue weighted by Gasteiger charge is 2.32. The minimum Gasteiger partial charge on any atom is -0.383 e. The topological polar surface area (TPSA) is 66.0 Å². The van der Waals surface area contributed by atoms with Crippen LogP contribution in [-0.2, 0) is 23.2 Å². The summed E-state index contributed by atoms with van der Waals surface area (Å²) < 4.78 is 28.8. The molecule has 1 aliphatic carbocycles. The van der Waals surface area contributed by atoms with Gasteiger partial charge < -0.3 is 14.9 Å². The second-order valence-electron chi connectivity index (χ2n) is 5.76. The monoisotopic (exact) mass is 280 g/mol. The van der Waals surface area contributed by atoms with Crippen LogP contribution >= 0.6 is 0 Å². The minimum atomic E-state index is -1.31. The number of imidazole rings is 1. The van der Waals surface area contributed by atoms with Crippen LogP contribution in [0.2, 0.25) is 0 Å². The van der Waals surface area contributed by atoms with Crippen LogP contribution in [0.25, 0.3) is 11.0 Å². The summed E-state index contributed by atoms with van der Waals surface area (Å²) in [6.45, 7) is 2.97. The molecule has 1 aliphatic rings. The van der Waals surface area contributed by atoms with E-state index in [9.17, 15) is 18.7 Å². The lowest BCUT2D eigenvalue weighted by Crippen LogP contribution is -2.17. The molecule has 1 aromatic heterocycles. The number of halogens is 2. The number of hydrogen-bond acceptors (Lipinski definition) is 3. The van der Waals surface area contributed by atoms with E-state index >= 15 is 0 Å². The Morgan fingerprint density at radius 1 is 1.30 bits per heavy atom. The van der Waals surface area contributed by atoms with E-state index in [0.717, 1.165) is 6.29 Å². The molecule has 0 saturated heterocycles. The molecular formula is C14H14F2N2O2. The molecule has 2 aromatic rings. The molecule has 2 N–H and O–H groups in total. The third-order valence-corrected chi connectivity index (χ3v) is 3.73. The maximum absolute atomic E-state index is 14.4. The highest BCUT2D eigenvalue weighted by Crippen LogP contribution is 2.35. The van der Waals surface area contributed by atoms with E-state index in [1.54, 1.807) is 0 Å². The smallest absolute Gasteiger partial charge is 0.154 e. The Hall–Kier alpha value is -1.82. The van der Waals surface area contributed by atoms with E-state index in [1.165, 1.54) is 13.8 Å². The summed E-state index contributed by atoms with van der Waals surface area (Å²) in [7, 11) is 0. The van der Waals surface area contributed by atoms with E-state index < -0.39 is 17.2 Å². The van der Waals surface area contributed by atoms with Gasteiger partial charge in [-0.1, -0.05) is 0 Å². The molecule has 0 fully saturated rings. The van der Waals surface area contributed by atoms with E-state index in [4.69, 9.17) is 0 Å². The summed E-state index contributed by atoms with van der Waals surface area (Å²) >= 11 is 0. The van der Waals surface area contributed by atoms with Crippen LogP contribution in [0.1, 0.15) is 30.8 Å². The number of nitrogens with one attached hydrogen (secondary N) is 1. The predicted octanol–water partition coefficient (Wildman–Crippen LogP) is 1.98. The summed E-state index contributed by atoms with van der Waals surface area (Å²) in [5.74, 6) is -1.45. The number of aliphatic hydroxyl groups is 1. The Morgan fingerprint density at radius 3 is 2.45 bits per heavy atom. The largest absolute Gasteiger partial charge is 0.383 e. The van der Waals surface area contributed by atoms with Crippen molar-refractivity contribution in [1.29, 1.82) is 0 Å². The van der Waals surface area contributed by atoms with Crippen LogP contribution in [0.4, 0.5) is 8.78 Å². The summed E-state index contributed by atoms with van der Waals surface area (Å²) in [6, 6.07) is 0. The van der Waals surface area contributed by atoms with Crippen molar-refractivity contribution < 1.29 is 18.7 Å². The molecular weight excluding hydrogens is 266 g/mol. The van der Waals surface area contributed by atoms with Gasteiger partial charge in [-0.15, -0.1) is 0 Å². The predicted molar refractivity (Wildman–Crippen MR) is 68.2 cm³/mol. The highest BCUT2D eigenvalue weighted by atomic mass is 19.1. The van der Waals surface area contributed by atoms with E-state index in [0.29, 0.717) is 0 Å². The lowest BCUT2D eigenvalue weighted by atomic mass is 10.1. The molecule has 3 rings (SSSR count). The number of fused-ring (bicyclic) bond motifs is 2. The van der Waals surface area contributed by atoms with Gasteiger partial charge in [0.15, 0.2) is 11.6 Å². The van der Waals surface area contributed by atoms with E-state index in [1.807, 2.05) is 0 Å². The highest BCUT2D eigenvalue weighted by molar-refractivity contribution is 5.80. The molecule has 0 spiro atoms. The lowest BCUT2D eigenvalue weighted by molar-refractivity contribution is -0.110.